The maximum atomic E-state index is 14.0. The summed E-state index contributed by atoms with van der Waals surface area (Å²) in [6.45, 7) is -2.94. The molecular formula is C41H61N3O22. The second-order valence-corrected chi connectivity index (χ2v) is 16.4. The lowest BCUT2D eigenvalue weighted by atomic mass is 9.88. The molecule has 3 fully saturated rings. The summed E-state index contributed by atoms with van der Waals surface area (Å²) in [7, 11) is 1.31. The van der Waals surface area contributed by atoms with Crippen LogP contribution in [0.4, 0.5) is 0 Å². The topological polar surface area (TPSA) is 409 Å². The highest BCUT2D eigenvalue weighted by Crippen LogP contribution is 2.38. The fourth-order valence-electron chi connectivity index (χ4n) is 8.06. The first kappa shape index (κ1) is 53.0. The number of nitrogens with one attached hydrogen (secondary N) is 2. The van der Waals surface area contributed by atoms with Crippen LogP contribution < -0.4 is 16.5 Å². The molecule has 0 bridgehead atoms. The highest BCUT2D eigenvalue weighted by molar-refractivity contribution is 5.96. The minimum absolute atomic E-state index is 0.0180. The molecular weight excluding hydrogens is 886 g/mol. The molecule has 66 heavy (non-hydrogen) atoms. The standard InChI is InChI=1S/C41H61N3O22/c1-60-26(52)11-6-4-2-3-5-7-12-61-38-29(44-37(57)19-13-21(49)18-9-8-10-20(48)28(18)43-19)35(31(54)24(16-46)62-38)64-39-33(56)36(32(55)25(17-47)63-39)66-41(40(58)59)14-22(50)27(42)34(65-41)30(53)23(51)15-45/h8-10,13,22-25,27,29-36,38-39,45-48,50-51,53-56H,2-7,11-12,14-17,42H2,1H3,(H,43,49)(H,44,57)(H,58,59)/t22-,23+,24+,25+,27+,29+,30+,31+,32-,33+,34+,35+,36-,38+,39-,41-/m0/s1. The van der Waals surface area contributed by atoms with Gasteiger partial charge < -0.3 is 105 Å². The Morgan fingerprint density at radius 2 is 1.56 bits per heavy atom. The molecule has 1 aromatic heterocycles. The molecule has 3 aliphatic rings. The molecule has 25 nitrogen and oxygen atoms in total. The summed E-state index contributed by atoms with van der Waals surface area (Å²) in [5.41, 5.74) is 4.84. The normalized spacial score (nSPS) is 33.5. The number of aromatic nitrogens is 1. The summed E-state index contributed by atoms with van der Waals surface area (Å²) in [6.07, 6.45) is -21.6. The van der Waals surface area contributed by atoms with Gasteiger partial charge in [0, 0.05) is 30.9 Å². The Bertz CT molecular complexity index is 1980. The van der Waals surface area contributed by atoms with Gasteiger partial charge in [-0.15, -0.1) is 0 Å². The smallest absolute Gasteiger partial charge is 0.364 e. The second kappa shape index (κ2) is 23.8. The number of aliphatic carboxylic acids is 1. The number of pyridine rings is 1. The number of esters is 1. The first-order valence-corrected chi connectivity index (χ1v) is 21.5. The molecule has 3 saturated heterocycles. The summed E-state index contributed by atoms with van der Waals surface area (Å²) in [6, 6.07) is 1.88. The Morgan fingerprint density at radius 1 is 0.924 bits per heavy atom. The zero-order valence-corrected chi connectivity index (χ0v) is 35.9. The lowest BCUT2D eigenvalue weighted by Gasteiger charge is -2.50. The van der Waals surface area contributed by atoms with E-state index >= 15 is 0 Å². The Balaban J connectivity index is 1.43. The van der Waals surface area contributed by atoms with Crippen LogP contribution in [0.15, 0.2) is 29.1 Å². The van der Waals surface area contributed by atoms with Crippen LogP contribution in [0.3, 0.4) is 0 Å². The van der Waals surface area contributed by atoms with Crippen LogP contribution in [-0.4, -0.2) is 210 Å². The van der Waals surface area contributed by atoms with E-state index in [9.17, 15) is 75.3 Å². The lowest BCUT2D eigenvalue weighted by molar-refractivity contribution is -0.380. The van der Waals surface area contributed by atoms with Gasteiger partial charge in [0.2, 0.25) is 0 Å². The summed E-state index contributed by atoms with van der Waals surface area (Å²) < 4.78 is 39.7. The summed E-state index contributed by atoms with van der Waals surface area (Å²) in [5, 5.41) is 120. The number of carbonyl (C=O) groups excluding carboxylic acids is 2. The third-order valence-electron chi connectivity index (χ3n) is 11.8. The number of carboxylic acids is 1. The van der Waals surface area contributed by atoms with E-state index < -0.39 is 141 Å². The Hall–Kier alpha value is -4.00. The number of rotatable bonds is 22. The summed E-state index contributed by atoms with van der Waals surface area (Å²) in [4.78, 5) is 54.0. The largest absolute Gasteiger partial charge is 0.506 e. The highest BCUT2D eigenvalue weighted by Gasteiger charge is 2.59. The highest BCUT2D eigenvalue weighted by atomic mass is 16.8. The average Bonchev–Trinajstić information content (AvgIpc) is 3.30. The van der Waals surface area contributed by atoms with E-state index in [1.54, 1.807) is 0 Å². The predicted molar refractivity (Wildman–Crippen MR) is 220 cm³/mol. The molecule has 1 aromatic carbocycles. The number of unbranched alkanes of at least 4 members (excludes halogenated alkanes) is 5. The molecule has 16 atom stereocenters. The quantitative estimate of drug-likeness (QED) is 0.0391. The number of phenols is 1. The van der Waals surface area contributed by atoms with Gasteiger partial charge in [0.15, 0.2) is 18.0 Å². The van der Waals surface area contributed by atoms with Crippen molar-refractivity contribution in [1.29, 1.82) is 0 Å². The fraction of sp³-hybridized carbons (Fsp3) is 0.707. The number of carbonyl (C=O) groups is 3. The molecule has 372 valence electrons. The maximum Gasteiger partial charge on any atom is 0.364 e. The molecule has 5 rings (SSSR count). The van der Waals surface area contributed by atoms with E-state index in [-0.39, 0.29) is 34.9 Å². The van der Waals surface area contributed by atoms with Gasteiger partial charge in [0.05, 0.1) is 44.6 Å². The molecule has 2 aromatic rings. The van der Waals surface area contributed by atoms with Gasteiger partial charge in [0.25, 0.3) is 11.7 Å². The molecule has 4 heterocycles. The van der Waals surface area contributed by atoms with Gasteiger partial charge in [0.1, 0.15) is 78.5 Å². The van der Waals surface area contributed by atoms with E-state index in [1.807, 2.05) is 0 Å². The van der Waals surface area contributed by atoms with E-state index in [1.165, 1.54) is 25.3 Å². The predicted octanol–water partition coefficient (Wildman–Crippen LogP) is -4.49. The number of hydrogen-bond acceptors (Lipinski definition) is 22. The van der Waals surface area contributed by atoms with Crippen LogP contribution in [-0.2, 0) is 42.7 Å². The number of ether oxygens (including phenoxy) is 7. The van der Waals surface area contributed by atoms with Crippen molar-refractivity contribution in [1.82, 2.24) is 10.3 Å². The van der Waals surface area contributed by atoms with Crippen molar-refractivity contribution in [2.45, 2.75) is 149 Å². The number of H-pyrrole nitrogens is 1. The number of carboxylic acid groups (broad SMARTS) is 1. The third-order valence-corrected chi connectivity index (χ3v) is 11.8. The number of fused-ring (bicyclic) bond motifs is 1. The number of hydrogen-bond donors (Lipinski definition) is 14. The number of aromatic amines is 1. The van der Waals surface area contributed by atoms with Crippen molar-refractivity contribution < 1.29 is 104 Å². The van der Waals surface area contributed by atoms with E-state index in [0.717, 1.165) is 25.3 Å². The molecule has 1 amide bonds. The number of para-hydroxylation sites is 1. The van der Waals surface area contributed by atoms with Crippen LogP contribution in [0.25, 0.3) is 10.9 Å². The van der Waals surface area contributed by atoms with Crippen LogP contribution in [0, 0.1) is 0 Å². The average molecular weight is 948 g/mol. The maximum absolute atomic E-state index is 14.0. The number of benzene rings is 1. The molecule has 0 spiro atoms. The van der Waals surface area contributed by atoms with Crippen molar-refractivity contribution in [2.24, 2.45) is 5.73 Å². The molecule has 25 heteroatoms. The Morgan fingerprint density at radius 3 is 2.20 bits per heavy atom. The monoisotopic (exact) mass is 947 g/mol. The first-order chi connectivity index (χ1) is 31.4. The van der Waals surface area contributed by atoms with Crippen molar-refractivity contribution in [3.63, 3.8) is 0 Å². The van der Waals surface area contributed by atoms with Crippen LogP contribution in [0.1, 0.15) is 61.9 Å². The number of nitrogens with two attached hydrogens (primary N) is 1. The molecule has 0 unspecified atom stereocenters. The van der Waals surface area contributed by atoms with Crippen LogP contribution in [0.2, 0.25) is 0 Å². The SMILES string of the molecule is COC(=O)CCCCCCCCO[C@@H]1O[C@H](CO)[C@@H](O)[C@H](O[C@@H]2O[C@H](CO)[C@H](O)[C@H](O[C@]3(C(=O)O)C[C@H](O)[C@@H](N)[C@H]([C@H](O)[C@H](O)CO)O3)[C@H]2O)[C@H]1NC(=O)c1cc(=O)c2cccc(O)c2[nH]1. The molecule has 0 aliphatic carbocycles. The Labute approximate surface area is 376 Å². The zero-order chi connectivity index (χ0) is 48.5. The van der Waals surface area contributed by atoms with E-state index in [0.29, 0.717) is 25.7 Å². The Kier molecular flexibility index (Phi) is 19.1. The van der Waals surface area contributed by atoms with Gasteiger partial charge in [-0.3, -0.25) is 14.4 Å². The molecule has 3 aliphatic heterocycles. The van der Waals surface area contributed by atoms with Gasteiger partial charge in [-0.25, -0.2) is 4.79 Å². The summed E-state index contributed by atoms with van der Waals surface area (Å²) >= 11 is 0. The zero-order valence-electron chi connectivity index (χ0n) is 35.9. The van der Waals surface area contributed by atoms with Gasteiger partial charge in [-0.05, 0) is 25.0 Å². The number of amides is 1. The molecule has 0 radical (unpaired) electrons. The van der Waals surface area contributed by atoms with Gasteiger partial charge in [-0.2, -0.15) is 0 Å². The summed E-state index contributed by atoms with van der Waals surface area (Å²) in [5.74, 6) is -6.71. The first-order valence-electron chi connectivity index (χ1n) is 21.5. The fourth-order valence-corrected chi connectivity index (χ4v) is 8.06. The van der Waals surface area contributed by atoms with Gasteiger partial charge in [-0.1, -0.05) is 31.7 Å². The number of phenolic OH excluding ortho intramolecular Hbond substituents is 1. The van der Waals surface area contributed by atoms with Gasteiger partial charge >= 0.3 is 11.9 Å². The van der Waals surface area contributed by atoms with E-state index in [2.05, 4.69) is 15.0 Å². The number of aliphatic hydroxyl groups is 9. The molecule has 15 N–H and O–H groups in total. The number of aliphatic hydroxyl groups excluding tert-OH is 9. The van der Waals surface area contributed by atoms with Crippen LogP contribution >= 0.6 is 0 Å². The van der Waals surface area contributed by atoms with Crippen molar-refractivity contribution in [3.05, 3.63) is 40.2 Å². The molecule has 0 saturated carbocycles. The second-order valence-electron chi connectivity index (χ2n) is 16.4. The van der Waals surface area contributed by atoms with Crippen molar-refractivity contribution in [2.75, 3.05) is 33.5 Å². The van der Waals surface area contributed by atoms with Crippen molar-refractivity contribution >= 4 is 28.7 Å². The number of methoxy groups -OCH3 is 1. The van der Waals surface area contributed by atoms with E-state index in [4.69, 9.17) is 34.2 Å². The third kappa shape index (κ3) is 12.2. The lowest BCUT2D eigenvalue weighted by Crippen LogP contribution is -2.70. The van der Waals surface area contributed by atoms with Crippen molar-refractivity contribution in [3.8, 4) is 5.75 Å². The minimum atomic E-state index is -3.05. The minimum Gasteiger partial charge on any atom is -0.506 e. The van der Waals surface area contributed by atoms with Crippen LogP contribution in [0.5, 0.6) is 5.75 Å². The number of aromatic hydroxyl groups is 1.